The Labute approximate surface area is 168 Å². The molecule has 0 heterocycles. The zero-order chi connectivity index (χ0) is 20.6. The van der Waals surface area contributed by atoms with Gasteiger partial charge in [0.2, 0.25) is 15.9 Å². The molecule has 5 nitrogen and oxygen atoms in total. The minimum Gasteiger partial charge on any atom is -0.356 e. The third kappa shape index (κ3) is 7.09. The van der Waals surface area contributed by atoms with Gasteiger partial charge in [0.1, 0.15) is 0 Å². The number of aryl methyl sites for hydroxylation is 1. The quantitative estimate of drug-likeness (QED) is 0.634. The average Bonchev–Trinajstić information content (AvgIpc) is 2.67. The van der Waals surface area contributed by atoms with Gasteiger partial charge in [0.25, 0.3) is 0 Å². The van der Waals surface area contributed by atoms with Gasteiger partial charge in [0.15, 0.2) is 0 Å². The van der Waals surface area contributed by atoms with Gasteiger partial charge in [0.05, 0.1) is 4.90 Å². The Hall–Kier alpha value is -2.18. The summed E-state index contributed by atoms with van der Waals surface area (Å²) in [6.07, 6.45) is 1.95. The fraction of sp³-hybridized carbons (Fsp3) is 0.409. The van der Waals surface area contributed by atoms with E-state index in [1.54, 1.807) is 24.3 Å². The number of amides is 1. The molecule has 0 saturated carbocycles. The first-order valence-electron chi connectivity index (χ1n) is 9.71. The molecule has 0 aliphatic carbocycles. The van der Waals surface area contributed by atoms with E-state index in [1.807, 2.05) is 37.3 Å². The van der Waals surface area contributed by atoms with Crippen molar-refractivity contribution < 1.29 is 13.2 Å². The molecule has 2 aromatic carbocycles. The summed E-state index contributed by atoms with van der Waals surface area (Å²) >= 11 is 0. The molecule has 0 aliphatic heterocycles. The van der Waals surface area contributed by atoms with Crippen molar-refractivity contribution in [2.45, 2.75) is 51.0 Å². The van der Waals surface area contributed by atoms with Gasteiger partial charge in [-0.25, -0.2) is 13.1 Å². The molecular weight excluding hydrogens is 372 g/mol. The summed E-state index contributed by atoms with van der Waals surface area (Å²) < 4.78 is 27.9. The number of carbonyl (C=O) groups excluding carboxylic acids is 1. The lowest BCUT2D eigenvalue weighted by Crippen LogP contribution is -2.27. The van der Waals surface area contributed by atoms with Crippen molar-refractivity contribution >= 4 is 15.9 Å². The van der Waals surface area contributed by atoms with Crippen LogP contribution in [0.5, 0.6) is 0 Å². The van der Waals surface area contributed by atoms with Crippen LogP contribution in [0.1, 0.15) is 50.8 Å². The average molecular weight is 403 g/mol. The zero-order valence-corrected chi connectivity index (χ0v) is 17.6. The lowest BCUT2D eigenvalue weighted by atomic mass is 10.1. The van der Waals surface area contributed by atoms with Gasteiger partial charge in [-0.05, 0) is 48.9 Å². The topological polar surface area (TPSA) is 75.3 Å². The Bertz CT molecular complexity index is 847. The molecule has 0 unspecified atom stereocenters. The minimum absolute atomic E-state index is 0.0238. The molecule has 0 saturated heterocycles. The maximum Gasteiger partial charge on any atom is 0.241 e. The number of nitrogens with one attached hydrogen (secondary N) is 2. The molecule has 0 spiro atoms. The molecule has 0 bridgehead atoms. The van der Waals surface area contributed by atoms with Gasteiger partial charge >= 0.3 is 0 Å². The van der Waals surface area contributed by atoms with Crippen molar-refractivity contribution in [3.8, 4) is 0 Å². The highest BCUT2D eigenvalue weighted by molar-refractivity contribution is 7.89. The normalized spacial score (nSPS) is 12.7. The highest BCUT2D eigenvalue weighted by atomic mass is 32.2. The Kier molecular flexibility index (Phi) is 8.20. The molecule has 2 rings (SSSR count). The number of carbonyl (C=O) groups is 1. The second-order valence-electron chi connectivity index (χ2n) is 7.43. The number of rotatable bonds is 10. The van der Waals surface area contributed by atoms with Crippen LogP contribution in [0.15, 0.2) is 59.5 Å². The van der Waals surface area contributed by atoms with Crippen LogP contribution in [0, 0.1) is 5.92 Å². The van der Waals surface area contributed by atoms with E-state index in [9.17, 15) is 13.2 Å². The van der Waals surface area contributed by atoms with E-state index < -0.39 is 10.0 Å². The van der Waals surface area contributed by atoms with Crippen LogP contribution in [0.2, 0.25) is 0 Å². The predicted molar refractivity (Wildman–Crippen MR) is 112 cm³/mol. The van der Waals surface area contributed by atoms with Gasteiger partial charge in [-0.15, -0.1) is 0 Å². The van der Waals surface area contributed by atoms with Gasteiger partial charge < -0.3 is 5.32 Å². The maximum atomic E-state index is 12.6. The van der Waals surface area contributed by atoms with E-state index in [-0.39, 0.29) is 16.8 Å². The summed E-state index contributed by atoms with van der Waals surface area (Å²) in [5.74, 6) is 0.587. The van der Waals surface area contributed by atoms with E-state index in [1.165, 1.54) is 0 Å². The fourth-order valence-corrected chi connectivity index (χ4v) is 4.02. The van der Waals surface area contributed by atoms with Gasteiger partial charge in [0, 0.05) is 19.0 Å². The van der Waals surface area contributed by atoms with Crippen molar-refractivity contribution in [1.82, 2.24) is 10.0 Å². The smallest absolute Gasteiger partial charge is 0.241 e. The number of sulfonamides is 1. The fourth-order valence-electron chi connectivity index (χ4n) is 2.79. The van der Waals surface area contributed by atoms with Crippen molar-refractivity contribution in [1.29, 1.82) is 0 Å². The molecule has 28 heavy (non-hydrogen) atoms. The van der Waals surface area contributed by atoms with Crippen LogP contribution in [-0.2, 0) is 21.2 Å². The molecule has 0 aromatic heterocycles. The Morgan fingerprint density at radius 1 is 0.964 bits per heavy atom. The van der Waals surface area contributed by atoms with E-state index in [0.717, 1.165) is 17.5 Å². The first kappa shape index (κ1) is 22.1. The maximum absolute atomic E-state index is 12.6. The van der Waals surface area contributed by atoms with Crippen molar-refractivity contribution in [2.75, 3.05) is 6.54 Å². The van der Waals surface area contributed by atoms with E-state index in [2.05, 4.69) is 23.9 Å². The monoisotopic (exact) mass is 402 g/mol. The third-order valence-electron chi connectivity index (χ3n) is 4.55. The largest absolute Gasteiger partial charge is 0.356 e. The summed E-state index contributed by atoms with van der Waals surface area (Å²) in [4.78, 5) is 12.1. The molecule has 6 heteroatoms. The summed E-state index contributed by atoms with van der Waals surface area (Å²) in [6, 6.07) is 15.8. The van der Waals surface area contributed by atoms with Crippen LogP contribution in [0.3, 0.4) is 0 Å². The second kappa shape index (κ2) is 10.4. The SMILES string of the molecule is CC(C)CCNC(=O)CCc1ccc(S(=O)(=O)N[C@@H](C)c2ccccc2)cc1. The molecule has 1 amide bonds. The predicted octanol–water partition coefficient (Wildman–Crippen LogP) is 3.82. The third-order valence-corrected chi connectivity index (χ3v) is 6.11. The Morgan fingerprint density at radius 3 is 2.21 bits per heavy atom. The second-order valence-corrected chi connectivity index (χ2v) is 9.14. The van der Waals surface area contributed by atoms with Crippen LogP contribution >= 0.6 is 0 Å². The molecular formula is C22H30N2O3S. The standard InChI is InChI=1S/C22H30N2O3S/c1-17(2)15-16-23-22(25)14-11-19-9-12-21(13-10-19)28(26,27)24-18(3)20-7-5-4-6-8-20/h4-10,12-13,17-18,24H,11,14-16H2,1-3H3,(H,23,25)/t18-/m0/s1. The summed E-state index contributed by atoms with van der Waals surface area (Å²) in [7, 11) is -3.61. The van der Waals surface area contributed by atoms with Crippen molar-refractivity contribution in [3.05, 3.63) is 65.7 Å². The van der Waals surface area contributed by atoms with E-state index >= 15 is 0 Å². The van der Waals surface area contributed by atoms with Gasteiger partial charge in [-0.2, -0.15) is 0 Å². The van der Waals surface area contributed by atoms with Gasteiger partial charge in [-0.3, -0.25) is 4.79 Å². The molecule has 2 N–H and O–H groups in total. The van der Waals surface area contributed by atoms with Crippen LogP contribution < -0.4 is 10.0 Å². The van der Waals surface area contributed by atoms with E-state index in [0.29, 0.717) is 25.3 Å². The molecule has 2 aromatic rings. The molecule has 1 atom stereocenters. The van der Waals surface area contributed by atoms with Crippen LogP contribution in [-0.4, -0.2) is 20.9 Å². The Morgan fingerprint density at radius 2 is 1.61 bits per heavy atom. The molecule has 152 valence electrons. The van der Waals surface area contributed by atoms with Gasteiger partial charge in [-0.1, -0.05) is 56.3 Å². The Balaban J connectivity index is 1.89. The highest BCUT2D eigenvalue weighted by Crippen LogP contribution is 2.17. The first-order valence-corrected chi connectivity index (χ1v) is 11.2. The lowest BCUT2D eigenvalue weighted by Gasteiger charge is -2.15. The van der Waals surface area contributed by atoms with Crippen molar-refractivity contribution in [3.63, 3.8) is 0 Å². The minimum atomic E-state index is -3.61. The molecule has 0 fully saturated rings. The summed E-state index contributed by atoms with van der Waals surface area (Å²) in [5, 5.41) is 2.91. The molecule has 0 radical (unpaired) electrons. The first-order chi connectivity index (χ1) is 13.3. The molecule has 0 aliphatic rings. The van der Waals surface area contributed by atoms with E-state index in [4.69, 9.17) is 0 Å². The lowest BCUT2D eigenvalue weighted by molar-refractivity contribution is -0.121. The number of benzene rings is 2. The van der Waals surface area contributed by atoms with Crippen LogP contribution in [0.4, 0.5) is 0 Å². The zero-order valence-electron chi connectivity index (χ0n) is 16.8. The number of hydrogen-bond donors (Lipinski definition) is 2. The summed E-state index contributed by atoms with van der Waals surface area (Å²) in [6.45, 7) is 6.76. The highest BCUT2D eigenvalue weighted by Gasteiger charge is 2.18. The van der Waals surface area contributed by atoms with Crippen LogP contribution in [0.25, 0.3) is 0 Å². The number of hydrogen-bond acceptors (Lipinski definition) is 3. The summed E-state index contributed by atoms with van der Waals surface area (Å²) in [5.41, 5.74) is 1.85. The van der Waals surface area contributed by atoms with Crippen molar-refractivity contribution in [2.24, 2.45) is 5.92 Å².